The van der Waals surface area contributed by atoms with Crippen LogP contribution in [0.3, 0.4) is 0 Å². The molecule has 7 aromatic heterocycles. The number of rotatable bonds is 6. The number of H-pyrrole nitrogens is 4. The van der Waals surface area contributed by atoms with Crippen LogP contribution in [0.1, 0.15) is 53.1 Å². The van der Waals surface area contributed by atoms with E-state index in [0.717, 1.165) is 95.7 Å². The first-order chi connectivity index (χ1) is 43.9. The van der Waals surface area contributed by atoms with Crippen LogP contribution in [0.2, 0.25) is 0 Å². The number of nitrogens with zero attached hydrogens (tertiary/aromatic N) is 8. The number of imidazole rings is 6. The zero-order valence-electron chi connectivity index (χ0n) is 46.8. The molecule has 13 aromatic rings. The number of amides is 2. The molecule has 0 fully saturated rings. The van der Waals surface area contributed by atoms with E-state index in [1.165, 1.54) is 6.33 Å². The average molecular weight is 1460 g/mol. The highest BCUT2D eigenvalue weighted by Gasteiger charge is 2.25. The van der Waals surface area contributed by atoms with Gasteiger partial charge in [-0.3, -0.25) is 42.9 Å². The number of anilines is 7. The highest BCUT2D eigenvalue weighted by Crippen LogP contribution is 2.25. The van der Waals surface area contributed by atoms with Crippen molar-refractivity contribution < 1.29 is 54.3 Å². The zero-order chi connectivity index (χ0) is 68.0. The molecule has 0 aliphatic carbocycles. The Morgan fingerprint density at radius 1 is 0.484 bits per heavy atom. The van der Waals surface area contributed by atoms with Gasteiger partial charge in [0.05, 0.1) is 50.8 Å². The lowest BCUT2D eigenvalue weighted by Gasteiger charge is -2.08. The number of nitrogens with one attached hydrogen (secondary N) is 6. The molecule has 0 unspecified atom stereocenters. The maximum Gasteiger partial charge on any atom is 0.283 e. The fourth-order valence-corrected chi connectivity index (χ4v) is 8.97. The molecular weight excluding hydrogens is 1420 g/mol. The summed E-state index contributed by atoms with van der Waals surface area (Å²) < 4.78 is 105. The molecule has 0 radical (unpaired) electrons. The van der Waals surface area contributed by atoms with Gasteiger partial charge in [-0.2, -0.15) is 0 Å². The Balaban J connectivity index is 0.000000153. The van der Waals surface area contributed by atoms with Crippen molar-refractivity contribution in [3.05, 3.63) is 214 Å². The SMILES string of the molecule is Cc1ccc(Br)cc1N.Cc1ccc(Br)cc1NC(=O)c1nc[nH]c1C(=O)Nc1nc2cc(F)c(F)cc2[nH]1.Nc1cc(F)c(F)cc1N.Nc1nc2cc(F)c(F)cc2[nH]1.Nc1nc2cc(F)c(F)cc2[nH]1.O=C(Cl)c1ncn2c(=O)c3c(C(=O)Cl)ncn3c(=O)c12. The molecule has 0 aliphatic rings. The third kappa shape index (κ3) is 15.8. The number of carbonyl (C=O) groups is 4. The van der Waals surface area contributed by atoms with Gasteiger partial charge in [-0.1, -0.05) is 44.0 Å². The van der Waals surface area contributed by atoms with Crippen molar-refractivity contribution in [3.8, 4) is 0 Å². The third-order valence-corrected chi connectivity index (χ3v) is 13.8. The predicted molar refractivity (Wildman–Crippen MR) is 337 cm³/mol. The second-order valence-electron chi connectivity index (χ2n) is 18.9. The first-order valence-electron chi connectivity index (χ1n) is 25.5. The summed E-state index contributed by atoms with van der Waals surface area (Å²) in [6, 6.07) is 18.8. The largest absolute Gasteiger partial charge is 0.398 e. The summed E-state index contributed by atoms with van der Waals surface area (Å²) >= 11 is 17.3. The van der Waals surface area contributed by atoms with E-state index in [1.54, 1.807) is 6.07 Å². The predicted octanol–water partition coefficient (Wildman–Crippen LogP) is 10.4. The van der Waals surface area contributed by atoms with Crippen molar-refractivity contribution in [2.45, 2.75) is 13.8 Å². The van der Waals surface area contributed by atoms with Crippen LogP contribution in [0.25, 0.3) is 44.1 Å². The molecule has 0 saturated carbocycles. The smallest absolute Gasteiger partial charge is 0.283 e. The summed E-state index contributed by atoms with van der Waals surface area (Å²) in [6.07, 6.45) is 3.16. The number of aryl methyl sites for hydroxylation is 2. The Bertz CT molecular complexity index is 4870. The first kappa shape index (κ1) is 67.9. The summed E-state index contributed by atoms with van der Waals surface area (Å²) in [5.74, 6) is -8.76. The van der Waals surface area contributed by atoms with Crippen molar-refractivity contribution in [1.82, 2.24) is 58.6 Å². The van der Waals surface area contributed by atoms with Crippen LogP contribution < -0.4 is 50.4 Å². The standard InChI is InChI=1S/C19H13BrF2N6O2.C10H2Cl2N4O4.C7H8BrN.2C7H5F2N3.C6H6F2N2/c1-8-2-3-9(20)4-12(8)25-17(29)15-16(24-7-23-15)18(30)28-19-26-13-5-10(21)11(22)6-14(13)27-19;11-7(17)3-5-10(20)16-2-14-4(8(12)18)6(16)9(19)15(5)1-13-3;1-5-2-3-6(8)4-7(5)9;2*8-3-1-5-6(2-4(3)9)12-7(10)11-5;7-3-1-5(9)6(10)2-4(3)8/h2-7H,1H3,(H,23,24)(H,25,29)(H2,26,27,28,30);1-2H;2-4H,9H2,1H3;2*1-2H,(H3,10,11,12);1-2H,9-10H2. The molecule has 7 heterocycles. The molecule has 2 amide bonds. The number of benzene rings is 6. The molecule has 25 nitrogen and oxygen atoms in total. The van der Waals surface area contributed by atoms with E-state index in [9.17, 15) is 63.9 Å². The summed E-state index contributed by atoms with van der Waals surface area (Å²) in [5, 5.41) is 3.20. The molecule has 0 aliphatic heterocycles. The third-order valence-electron chi connectivity index (χ3n) is 12.5. The molecule has 478 valence electrons. The van der Waals surface area contributed by atoms with Gasteiger partial charge in [0, 0.05) is 68.9 Å². The first-order valence-corrected chi connectivity index (χ1v) is 27.9. The van der Waals surface area contributed by atoms with Crippen LogP contribution in [0.15, 0.2) is 122 Å². The van der Waals surface area contributed by atoms with E-state index in [0.29, 0.717) is 27.8 Å². The van der Waals surface area contributed by atoms with Gasteiger partial charge in [0.25, 0.3) is 33.4 Å². The Morgan fingerprint density at radius 3 is 1.33 bits per heavy atom. The van der Waals surface area contributed by atoms with Crippen LogP contribution >= 0.6 is 55.1 Å². The number of halogens is 12. The molecule has 16 N–H and O–H groups in total. The zero-order valence-corrected chi connectivity index (χ0v) is 51.4. The second-order valence-corrected chi connectivity index (χ2v) is 21.4. The van der Waals surface area contributed by atoms with Crippen molar-refractivity contribution in [2.24, 2.45) is 0 Å². The van der Waals surface area contributed by atoms with E-state index < -0.39 is 80.0 Å². The Labute approximate surface area is 539 Å². The quantitative estimate of drug-likeness (QED) is 0.0418. The molecule has 93 heavy (non-hydrogen) atoms. The van der Waals surface area contributed by atoms with E-state index in [4.69, 9.17) is 51.9 Å². The fourth-order valence-electron chi connectivity index (χ4n) is 7.95. The lowest BCUT2D eigenvalue weighted by atomic mass is 10.2. The van der Waals surface area contributed by atoms with E-state index in [2.05, 4.69) is 92.3 Å². The number of hydrogen-bond donors (Lipinski definition) is 11. The van der Waals surface area contributed by atoms with E-state index in [-0.39, 0.29) is 74.1 Å². The number of carbonyl (C=O) groups excluding carboxylic acids is 4. The normalized spacial score (nSPS) is 10.7. The van der Waals surface area contributed by atoms with Gasteiger partial charge in [-0.25, -0.2) is 65.0 Å². The lowest BCUT2D eigenvalue weighted by molar-refractivity contribution is 0.0985. The molecule has 0 atom stereocenters. The number of fused-ring (bicyclic) bond motifs is 5. The molecule has 0 bridgehead atoms. The number of nitrogen functional groups attached to an aromatic ring is 5. The Morgan fingerprint density at radius 2 is 0.892 bits per heavy atom. The maximum atomic E-state index is 13.3. The van der Waals surface area contributed by atoms with Crippen LogP contribution in [-0.4, -0.2) is 80.9 Å². The fraction of sp³-hybridized carbons (Fsp3) is 0.0357. The minimum atomic E-state index is -1.05. The van der Waals surface area contributed by atoms with Crippen molar-refractivity contribution in [1.29, 1.82) is 0 Å². The van der Waals surface area contributed by atoms with E-state index in [1.807, 2.05) is 44.2 Å². The van der Waals surface area contributed by atoms with Crippen molar-refractivity contribution >= 4 is 162 Å². The minimum Gasteiger partial charge on any atom is -0.398 e. The number of hydrogen-bond acceptors (Lipinski definition) is 17. The number of aromatic amines is 4. The Kier molecular flexibility index (Phi) is 20.7. The summed E-state index contributed by atoms with van der Waals surface area (Å²) in [7, 11) is 0. The minimum absolute atomic E-state index is 0.0382. The average Bonchev–Trinajstić information content (AvgIpc) is 1.60. The summed E-state index contributed by atoms with van der Waals surface area (Å²) in [4.78, 5) is 105. The van der Waals surface area contributed by atoms with Crippen molar-refractivity contribution in [2.75, 3.05) is 39.3 Å². The Hall–Kier alpha value is -11.0. The van der Waals surface area contributed by atoms with Crippen LogP contribution in [0.4, 0.5) is 75.7 Å². The highest BCUT2D eigenvalue weighted by molar-refractivity contribution is 9.10. The van der Waals surface area contributed by atoms with Gasteiger partial charge in [0.15, 0.2) is 75.5 Å². The van der Waals surface area contributed by atoms with Gasteiger partial charge in [0.2, 0.25) is 5.95 Å². The molecule has 6 aromatic carbocycles. The van der Waals surface area contributed by atoms with Crippen LogP contribution in [-0.2, 0) is 0 Å². The topological polar surface area (TPSA) is 406 Å². The second kappa shape index (κ2) is 28.4. The van der Waals surface area contributed by atoms with Crippen LogP contribution in [0, 0.1) is 60.4 Å². The molecule has 0 saturated heterocycles. The lowest BCUT2D eigenvalue weighted by Crippen LogP contribution is -2.26. The molecule has 13 rings (SSSR count). The van der Waals surface area contributed by atoms with E-state index >= 15 is 0 Å². The number of nitrogens with two attached hydrogens (primary N) is 5. The maximum absolute atomic E-state index is 13.3. The summed E-state index contributed by atoms with van der Waals surface area (Å²) in [5.41, 5.74) is 28.7. The highest BCUT2D eigenvalue weighted by atomic mass is 79.9. The summed E-state index contributed by atoms with van der Waals surface area (Å²) in [6.45, 7) is 3.81. The van der Waals surface area contributed by atoms with Gasteiger partial charge in [-0.15, -0.1) is 0 Å². The van der Waals surface area contributed by atoms with Gasteiger partial charge in [0.1, 0.15) is 29.4 Å². The monoisotopic (exact) mass is 1450 g/mol. The number of aromatic nitrogens is 12. The van der Waals surface area contributed by atoms with Gasteiger partial charge < -0.3 is 53.9 Å². The molecular formula is C56H39Br2Cl2F8N19O6. The van der Waals surface area contributed by atoms with Crippen LogP contribution in [0.5, 0.6) is 0 Å². The van der Waals surface area contributed by atoms with Crippen molar-refractivity contribution in [3.63, 3.8) is 0 Å². The van der Waals surface area contributed by atoms with Gasteiger partial charge >= 0.3 is 0 Å². The molecule has 0 spiro atoms. The molecule has 37 heteroatoms. The van der Waals surface area contributed by atoms with Gasteiger partial charge in [-0.05, 0) is 72.4 Å².